The minimum Gasteiger partial charge on any atom is -0.397 e. The van der Waals surface area contributed by atoms with Crippen molar-refractivity contribution in [3.05, 3.63) is 69.3 Å². The number of rotatable bonds is 5. The van der Waals surface area contributed by atoms with Crippen LogP contribution < -0.4 is 9.64 Å². The highest BCUT2D eigenvalue weighted by Gasteiger charge is 2.25. The summed E-state index contributed by atoms with van der Waals surface area (Å²) in [4.78, 5) is 32.4. The second-order valence-corrected chi connectivity index (χ2v) is 8.34. The second-order valence-electron chi connectivity index (χ2n) is 6.09. The predicted molar refractivity (Wildman–Crippen MR) is 121 cm³/mol. The van der Waals surface area contributed by atoms with Crippen LogP contribution in [0.5, 0.6) is 5.06 Å². The molecule has 0 saturated carbocycles. The number of thiazole rings is 1. The topological polar surface area (TPSA) is 62.7 Å². The quantitative estimate of drug-likeness (QED) is 0.413. The first-order chi connectivity index (χ1) is 14.3. The normalized spacial score (nSPS) is 10.6. The number of hydrogen-bond donors (Lipinski definition) is 0. The van der Waals surface area contributed by atoms with Crippen LogP contribution in [0, 0.1) is 0 Å². The van der Waals surface area contributed by atoms with Gasteiger partial charge in [0.25, 0.3) is 5.91 Å². The van der Waals surface area contributed by atoms with Crippen LogP contribution >= 0.6 is 46.1 Å². The van der Waals surface area contributed by atoms with Crippen molar-refractivity contribution in [1.29, 1.82) is 0 Å². The van der Waals surface area contributed by atoms with Crippen molar-refractivity contribution in [2.45, 2.75) is 6.92 Å². The standard InChI is InChI=1S/C20H16Cl3N3O3S/c1-3-25(2)20(28)29-17-11-24-19(30-17)26(14-7-4-12(21)5-8-14)18(27)15-9-6-13(22)10-16(15)23/h4-11H,3H2,1-2H3. The second kappa shape index (κ2) is 9.66. The SMILES string of the molecule is CCN(C)C(=O)Oc1cnc(N(C(=O)c2ccc(Cl)cc2Cl)c2ccc(Cl)cc2)s1. The van der Waals surface area contributed by atoms with Gasteiger partial charge in [-0.15, -0.1) is 0 Å². The maximum atomic E-state index is 13.4. The minimum absolute atomic E-state index is 0.208. The van der Waals surface area contributed by atoms with Gasteiger partial charge in [0.15, 0.2) is 0 Å². The van der Waals surface area contributed by atoms with Crippen molar-refractivity contribution in [3.63, 3.8) is 0 Å². The Balaban J connectivity index is 1.99. The Kier molecular flexibility index (Phi) is 7.20. The Hall–Kier alpha value is -2.32. The first-order valence-corrected chi connectivity index (χ1v) is 10.7. The molecule has 10 heteroatoms. The van der Waals surface area contributed by atoms with Crippen molar-refractivity contribution in [3.8, 4) is 5.06 Å². The lowest BCUT2D eigenvalue weighted by atomic mass is 10.2. The maximum Gasteiger partial charge on any atom is 0.415 e. The fourth-order valence-electron chi connectivity index (χ4n) is 2.38. The van der Waals surface area contributed by atoms with Crippen molar-refractivity contribution in [2.75, 3.05) is 18.5 Å². The van der Waals surface area contributed by atoms with Crippen molar-refractivity contribution in [1.82, 2.24) is 9.88 Å². The smallest absolute Gasteiger partial charge is 0.397 e. The Bertz CT molecular complexity index is 1070. The Morgan fingerprint density at radius 1 is 1.07 bits per heavy atom. The Morgan fingerprint density at radius 2 is 1.73 bits per heavy atom. The molecular weight excluding hydrogens is 469 g/mol. The van der Waals surface area contributed by atoms with Gasteiger partial charge in [0.1, 0.15) is 0 Å². The molecule has 0 bridgehead atoms. The number of anilines is 2. The third-order valence-electron chi connectivity index (χ3n) is 4.09. The van der Waals surface area contributed by atoms with Crippen LogP contribution in [-0.4, -0.2) is 35.5 Å². The van der Waals surface area contributed by atoms with E-state index < -0.39 is 12.0 Å². The molecule has 6 nitrogen and oxygen atoms in total. The van der Waals surface area contributed by atoms with Crippen LogP contribution in [0.4, 0.5) is 15.6 Å². The molecule has 2 aromatic carbocycles. The van der Waals surface area contributed by atoms with Crippen LogP contribution in [-0.2, 0) is 0 Å². The molecule has 2 amide bonds. The summed E-state index contributed by atoms with van der Waals surface area (Å²) in [5.74, 6) is -0.420. The highest BCUT2D eigenvalue weighted by molar-refractivity contribution is 7.17. The number of amides is 2. The fraction of sp³-hybridized carbons (Fsp3) is 0.150. The molecule has 3 rings (SSSR count). The van der Waals surface area contributed by atoms with E-state index in [1.54, 1.807) is 43.4 Å². The zero-order valence-electron chi connectivity index (χ0n) is 15.9. The fourth-order valence-corrected chi connectivity index (χ4v) is 3.78. The summed E-state index contributed by atoms with van der Waals surface area (Å²) in [6, 6.07) is 11.3. The summed E-state index contributed by atoms with van der Waals surface area (Å²) in [6.45, 7) is 2.32. The van der Waals surface area contributed by atoms with E-state index in [0.29, 0.717) is 27.4 Å². The molecule has 1 aromatic heterocycles. The molecular formula is C20H16Cl3N3O3S. The van der Waals surface area contributed by atoms with Gasteiger partial charge in [0.2, 0.25) is 10.2 Å². The monoisotopic (exact) mass is 483 g/mol. The summed E-state index contributed by atoms with van der Waals surface area (Å²) in [5.41, 5.74) is 0.767. The van der Waals surface area contributed by atoms with Gasteiger partial charge in [-0.2, -0.15) is 0 Å². The molecule has 156 valence electrons. The van der Waals surface area contributed by atoms with Crippen molar-refractivity contribution >= 4 is 69.0 Å². The highest BCUT2D eigenvalue weighted by Crippen LogP contribution is 2.36. The number of carbonyl (C=O) groups is 2. The number of halogens is 3. The largest absolute Gasteiger partial charge is 0.415 e. The first kappa shape index (κ1) is 22.4. The van der Waals surface area contributed by atoms with Gasteiger partial charge in [-0.1, -0.05) is 46.1 Å². The molecule has 0 N–H and O–H groups in total. The van der Waals surface area contributed by atoms with Crippen LogP contribution in [0.1, 0.15) is 17.3 Å². The summed E-state index contributed by atoms with van der Waals surface area (Å²) < 4.78 is 5.32. The summed E-state index contributed by atoms with van der Waals surface area (Å²) >= 11 is 19.2. The van der Waals surface area contributed by atoms with Gasteiger partial charge in [0.05, 0.1) is 22.5 Å². The van der Waals surface area contributed by atoms with Gasteiger partial charge in [-0.05, 0) is 49.4 Å². The Labute approximate surface area is 192 Å². The van der Waals surface area contributed by atoms with Gasteiger partial charge in [0, 0.05) is 23.6 Å². The van der Waals surface area contributed by atoms with Gasteiger partial charge in [-0.25, -0.2) is 9.78 Å². The lowest BCUT2D eigenvalue weighted by Gasteiger charge is -2.20. The lowest BCUT2D eigenvalue weighted by Crippen LogP contribution is -2.29. The van der Waals surface area contributed by atoms with Crippen LogP contribution in [0.15, 0.2) is 48.7 Å². The number of carbonyl (C=O) groups excluding carboxylic acids is 2. The maximum absolute atomic E-state index is 13.4. The molecule has 0 spiro atoms. The molecule has 0 aliphatic heterocycles. The third kappa shape index (κ3) is 5.05. The lowest BCUT2D eigenvalue weighted by molar-refractivity contribution is 0.0999. The van der Waals surface area contributed by atoms with E-state index in [0.717, 1.165) is 11.3 Å². The molecule has 0 atom stereocenters. The number of benzene rings is 2. The summed E-state index contributed by atoms with van der Waals surface area (Å²) in [7, 11) is 1.62. The molecule has 1 heterocycles. The van der Waals surface area contributed by atoms with E-state index in [-0.39, 0.29) is 15.6 Å². The molecule has 0 fully saturated rings. The molecule has 0 aliphatic rings. The summed E-state index contributed by atoms with van der Waals surface area (Å²) in [5, 5.41) is 1.70. The average molecular weight is 485 g/mol. The van der Waals surface area contributed by atoms with E-state index in [1.807, 2.05) is 6.92 Å². The third-order valence-corrected chi connectivity index (χ3v) is 5.75. The number of nitrogens with zero attached hydrogens (tertiary/aromatic N) is 3. The van der Waals surface area contributed by atoms with Crippen LogP contribution in [0.25, 0.3) is 0 Å². The van der Waals surface area contributed by atoms with Crippen molar-refractivity contribution < 1.29 is 14.3 Å². The summed E-state index contributed by atoms with van der Waals surface area (Å²) in [6.07, 6.45) is 0.874. The van der Waals surface area contributed by atoms with Gasteiger partial charge in [-0.3, -0.25) is 9.69 Å². The predicted octanol–water partition coefficient (Wildman–Crippen LogP) is 6.53. The Morgan fingerprint density at radius 3 is 2.37 bits per heavy atom. The van der Waals surface area contributed by atoms with E-state index in [2.05, 4.69) is 4.98 Å². The van der Waals surface area contributed by atoms with Crippen LogP contribution in [0.3, 0.4) is 0 Å². The van der Waals surface area contributed by atoms with Crippen molar-refractivity contribution in [2.24, 2.45) is 0 Å². The zero-order chi connectivity index (χ0) is 21.8. The molecule has 0 saturated heterocycles. The number of aromatic nitrogens is 1. The number of ether oxygens (including phenoxy) is 1. The average Bonchev–Trinajstić information content (AvgIpc) is 3.16. The van der Waals surface area contributed by atoms with Gasteiger partial charge < -0.3 is 9.64 Å². The van der Waals surface area contributed by atoms with Crippen LogP contribution in [0.2, 0.25) is 15.1 Å². The zero-order valence-corrected chi connectivity index (χ0v) is 19.0. The van der Waals surface area contributed by atoms with E-state index in [9.17, 15) is 9.59 Å². The van der Waals surface area contributed by atoms with Gasteiger partial charge >= 0.3 is 6.09 Å². The number of hydrogen-bond acceptors (Lipinski definition) is 5. The first-order valence-electron chi connectivity index (χ1n) is 8.74. The molecule has 3 aromatic rings. The molecule has 0 radical (unpaired) electrons. The molecule has 0 unspecified atom stereocenters. The highest BCUT2D eigenvalue weighted by atomic mass is 35.5. The minimum atomic E-state index is -0.516. The van der Waals surface area contributed by atoms with E-state index in [4.69, 9.17) is 39.5 Å². The van der Waals surface area contributed by atoms with E-state index in [1.165, 1.54) is 22.1 Å². The van der Waals surface area contributed by atoms with E-state index >= 15 is 0 Å². The molecule has 30 heavy (non-hydrogen) atoms. The molecule has 0 aliphatic carbocycles.